The molecular formula is C37H58N6O9. The first-order valence-corrected chi connectivity index (χ1v) is 18.1. The summed E-state index contributed by atoms with van der Waals surface area (Å²) in [7, 11) is 3.04. The number of β-amino-alcohol motifs (C(OH)–C–C–N with tert-alkyl or cyclic N) is 1. The SMILES string of the molecule is C=C(/C=C\C=C/C)[C@H](NC(=O)CNC(=O)C(=O)C(CCC)NC(=O)[C@@H]1C[C@@H](O)CN1C(=O)[C@@H](NC(=O)OCC(C)C)C1CCCCC1)C(=O)N(C)C. The number of ether oxygens (including phenoxy) is 1. The predicted molar refractivity (Wildman–Crippen MR) is 194 cm³/mol. The molecule has 0 aromatic heterocycles. The standard InChI is InChI=1S/C37H58N6O9/c1-8-10-12-16-24(5)30(35(49)42(6)7)40-29(45)20-38-34(48)32(46)27(15-9-2)39-33(47)28-19-26(44)21-43(28)36(50)31(25-17-13-11-14-18-25)41-37(51)52-22-23(3)4/h8,10,12,16,23,25-28,30-31,44H,5,9,11,13-15,17-22H2,1-4,6-7H3,(H,38,48)(H,39,47)(H,40,45)(H,41,51)/b10-8-,16-12-/t26-,27?,28+,30+,31+/m1/s1. The van der Waals surface area contributed by atoms with Crippen molar-refractivity contribution in [1.82, 2.24) is 31.1 Å². The van der Waals surface area contributed by atoms with Gasteiger partial charge in [-0.3, -0.25) is 28.8 Å². The molecule has 5 atom stereocenters. The van der Waals surface area contributed by atoms with Gasteiger partial charge in [-0.25, -0.2) is 4.79 Å². The lowest BCUT2D eigenvalue weighted by atomic mass is 9.83. The third kappa shape index (κ3) is 13.5. The number of carbonyl (C=O) groups is 7. The van der Waals surface area contributed by atoms with E-state index in [2.05, 4.69) is 27.8 Å². The van der Waals surface area contributed by atoms with Crippen LogP contribution in [0.25, 0.3) is 0 Å². The Morgan fingerprint density at radius 1 is 1.00 bits per heavy atom. The number of amides is 6. The summed E-state index contributed by atoms with van der Waals surface area (Å²) in [6, 6.07) is -4.54. The monoisotopic (exact) mass is 730 g/mol. The molecule has 290 valence electrons. The molecule has 5 N–H and O–H groups in total. The minimum atomic E-state index is -1.28. The predicted octanol–water partition coefficient (Wildman–Crippen LogP) is 1.51. The highest BCUT2D eigenvalue weighted by molar-refractivity contribution is 6.38. The van der Waals surface area contributed by atoms with Crippen molar-refractivity contribution in [3.05, 3.63) is 36.5 Å². The van der Waals surface area contributed by atoms with Crippen molar-refractivity contribution in [2.45, 2.75) is 109 Å². The molecule has 15 nitrogen and oxygen atoms in total. The summed E-state index contributed by atoms with van der Waals surface area (Å²) < 4.78 is 5.29. The molecule has 15 heteroatoms. The van der Waals surface area contributed by atoms with Gasteiger partial charge in [-0.2, -0.15) is 0 Å². The van der Waals surface area contributed by atoms with Gasteiger partial charge in [-0.05, 0) is 43.6 Å². The van der Waals surface area contributed by atoms with Crippen molar-refractivity contribution >= 4 is 41.4 Å². The highest BCUT2D eigenvalue weighted by atomic mass is 16.5. The van der Waals surface area contributed by atoms with Gasteiger partial charge in [0.15, 0.2) is 0 Å². The molecule has 1 aliphatic heterocycles. The van der Waals surface area contributed by atoms with Crippen LogP contribution in [-0.4, -0.2) is 120 Å². The number of alkyl carbamates (subject to hydrolysis) is 1. The number of hydrogen-bond acceptors (Lipinski definition) is 9. The van der Waals surface area contributed by atoms with E-state index in [1.54, 1.807) is 31.2 Å². The molecule has 0 aromatic rings. The maximum atomic E-state index is 14.0. The molecule has 1 unspecified atom stereocenters. The summed E-state index contributed by atoms with van der Waals surface area (Å²) in [6.45, 7) is 10.6. The van der Waals surface area contributed by atoms with Gasteiger partial charge in [-0.15, -0.1) is 0 Å². The molecule has 0 spiro atoms. The van der Waals surface area contributed by atoms with E-state index < -0.39 is 78.2 Å². The third-order valence-electron chi connectivity index (χ3n) is 8.89. The van der Waals surface area contributed by atoms with Crippen molar-refractivity contribution < 1.29 is 43.4 Å². The van der Waals surface area contributed by atoms with E-state index >= 15 is 0 Å². The van der Waals surface area contributed by atoms with E-state index in [0.717, 1.165) is 19.3 Å². The highest BCUT2D eigenvalue weighted by Gasteiger charge is 2.44. The second-order valence-electron chi connectivity index (χ2n) is 14.0. The van der Waals surface area contributed by atoms with E-state index in [0.29, 0.717) is 24.8 Å². The Labute approximate surface area is 307 Å². The van der Waals surface area contributed by atoms with Crippen LogP contribution in [0.15, 0.2) is 36.5 Å². The van der Waals surface area contributed by atoms with Crippen LogP contribution in [0.4, 0.5) is 4.79 Å². The number of nitrogens with zero attached hydrogens (tertiary/aromatic N) is 2. The zero-order valence-corrected chi connectivity index (χ0v) is 31.4. The van der Waals surface area contributed by atoms with Crippen LogP contribution >= 0.6 is 0 Å². The number of rotatable bonds is 18. The van der Waals surface area contributed by atoms with Crippen LogP contribution in [0.5, 0.6) is 0 Å². The average Bonchev–Trinajstić information content (AvgIpc) is 3.51. The van der Waals surface area contributed by atoms with E-state index in [9.17, 15) is 38.7 Å². The van der Waals surface area contributed by atoms with Crippen molar-refractivity contribution in [3.8, 4) is 0 Å². The Balaban J connectivity index is 2.14. The fourth-order valence-electron chi connectivity index (χ4n) is 6.15. The molecule has 1 heterocycles. The number of Topliss-reactive ketones (excluding diaryl/α,β-unsaturated/α-hetero) is 1. The first-order valence-electron chi connectivity index (χ1n) is 18.1. The van der Waals surface area contributed by atoms with Gasteiger partial charge >= 0.3 is 6.09 Å². The number of aliphatic hydroxyl groups excluding tert-OH is 1. The second kappa shape index (κ2) is 21.7. The summed E-state index contributed by atoms with van der Waals surface area (Å²) in [5.41, 5.74) is 0.301. The molecule has 0 bridgehead atoms. The molecule has 1 saturated carbocycles. The lowest BCUT2D eigenvalue weighted by molar-refractivity contribution is -0.143. The van der Waals surface area contributed by atoms with Crippen LogP contribution in [0.1, 0.15) is 79.1 Å². The fraction of sp³-hybridized carbons (Fsp3) is 0.649. The van der Waals surface area contributed by atoms with Crippen LogP contribution in [-0.2, 0) is 33.5 Å². The van der Waals surface area contributed by atoms with Crippen LogP contribution in [0.2, 0.25) is 0 Å². The first kappa shape index (κ1) is 43.6. The molecular weight excluding hydrogens is 672 g/mol. The fourth-order valence-corrected chi connectivity index (χ4v) is 6.15. The van der Waals surface area contributed by atoms with Crippen LogP contribution in [0.3, 0.4) is 0 Å². The maximum absolute atomic E-state index is 14.0. The van der Waals surface area contributed by atoms with Crippen LogP contribution < -0.4 is 21.3 Å². The first-order chi connectivity index (χ1) is 24.6. The third-order valence-corrected chi connectivity index (χ3v) is 8.89. The number of likely N-dealkylation sites (N-methyl/N-ethyl adjacent to an activating group) is 1. The largest absolute Gasteiger partial charge is 0.449 e. The van der Waals surface area contributed by atoms with Gasteiger partial charge in [0.1, 0.15) is 18.1 Å². The number of hydrogen-bond donors (Lipinski definition) is 5. The van der Waals surface area contributed by atoms with Gasteiger partial charge in [0, 0.05) is 27.1 Å². The normalized spacial score (nSPS) is 19.5. The molecule has 2 aliphatic rings. The smallest absolute Gasteiger partial charge is 0.407 e. The maximum Gasteiger partial charge on any atom is 0.407 e. The zero-order chi connectivity index (χ0) is 39.0. The molecule has 52 heavy (non-hydrogen) atoms. The van der Waals surface area contributed by atoms with Gasteiger partial charge in [0.05, 0.1) is 25.3 Å². The summed E-state index contributed by atoms with van der Waals surface area (Å²) >= 11 is 0. The number of likely N-dealkylation sites (tertiary alicyclic amines) is 1. The lowest BCUT2D eigenvalue weighted by Gasteiger charge is -2.34. The van der Waals surface area contributed by atoms with Crippen LogP contribution in [0, 0.1) is 11.8 Å². The molecule has 2 fully saturated rings. The van der Waals surface area contributed by atoms with E-state index in [-0.39, 0.29) is 37.8 Å². The minimum Gasteiger partial charge on any atom is -0.449 e. The second-order valence-corrected chi connectivity index (χ2v) is 14.0. The summed E-state index contributed by atoms with van der Waals surface area (Å²) in [5.74, 6) is -4.70. The molecule has 0 aromatic carbocycles. The topological polar surface area (TPSA) is 204 Å². The van der Waals surface area contributed by atoms with Gasteiger partial charge in [0.25, 0.3) is 5.91 Å². The number of carbonyl (C=O) groups excluding carboxylic acids is 7. The minimum absolute atomic E-state index is 0.0825. The molecule has 0 radical (unpaired) electrons. The summed E-state index contributed by atoms with van der Waals surface area (Å²) in [4.78, 5) is 94.5. The molecule has 1 aliphatic carbocycles. The van der Waals surface area contributed by atoms with Gasteiger partial charge in [-0.1, -0.05) is 77.3 Å². The quantitative estimate of drug-likeness (QED) is 0.102. The Hall–Kier alpha value is -4.53. The summed E-state index contributed by atoms with van der Waals surface area (Å²) in [6.07, 6.45) is 9.52. The Morgan fingerprint density at radius 2 is 1.67 bits per heavy atom. The Morgan fingerprint density at radius 3 is 2.27 bits per heavy atom. The van der Waals surface area contributed by atoms with Gasteiger partial charge in [0.2, 0.25) is 29.4 Å². The molecule has 2 rings (SSSR count). The van der Waals surface area contributed by atoms with Crippen molar-refractivity contribution in [2.24, 2.45) is 11.8 Å². The van der Waals surface area contributed by atoms with Crippen molar-refractivity contribution in [2.75, 3.05) is 33.8 Å². The van der Waals surface area contributed by atoms with Gasteiger partial charge < -0.3 is 40.9 Å². The van der Waals surface area contributed by atoms with E-state index in [4.69, 9.17) is 4.74 Å². The number of nitrogens with one attached hydrogen (secondary N) is 4. The Kier molecular flexibility index (Phi) is 18.2. The number of aliphatic hydroxyl groups is 1. The van der Waals surface area contributed by atoms with Crippen molar-refractivity contribution in [1.29, 1.82) is 0 Å². The molecule has 6 amide bonds. The lowest BCUT2D eigenvalue weighted by Crippen LogP contribution is -2.58. The number of ketones is 1. The zero-order valence-electron chi connectivity index (χ0n) is 31.4. The molecule has 1 saturated heterocycles. The van der Waals surface area contributed by atoms with E-state index in [1.807, 2.05) is 20.8 Å². The average molecular weight is 731 g/mol. The van der Waals surface area contributed by atoms with E-state index in [1.165, 1.54) is 23.9 Å². The van der Waals surface area contributed by atoms with Crippen molar-refractivity contribution in [3.63, 3.8) is 0 Å². The number of allylic oxidation sites excluding steroid dienone is 3. The Bertz CT molecular complexity index is 1350. The summed E-state index contributed by atoms with van der Waals surface area (Å²) in [5, 5.41) is 20.6. The highest BCUT2D eigenvalue weighted by Crippen LogP contribution is 2.29.